The van der Waals surface area contributed by atoms with Crippen molar-refractivity contribution in [2.24, 2.45) is 0 Å². The van der Waals surface area contributed by atoms with Crippen LogP contribution in [0.3, 0.4) is 0 Å². The van der Waals surface area contributed by atoms with Gasteiger partial charge in [-0.1, -0.05) is 13.0 Å². The molecule has 90 valence electrons. The summed E-state index contributed by atoms with van der Waals surface area (Å²) in [5.41, 5.74) is 7.88. The van der Waals surface area contributed by atoms with Crippen LogP contribution in [0, 0.1) is 0 Å². The van der Waals surface area contributed by atoms with E-state index in [1.807, 2.05) is 19.1 Å². The average Bonchev–Trinajstić information content (AvgIpc) is 2.28. The Labute approximate surface area is 98.0 Å². The Morgan fingerprint density at radius 3 is 2.69 bits per heavy atom. The van der Waals surface area contributed by atoms with Gasteiger partial charge in [0.2, 0.25) is 0 Å². The Morgan fingerprint density at radius 2 is 2.06 bits per heavy atom. The molecule has 0 atom stereocenters. The van der Waals surface area contributed by atoms with E-state index in [-0.39, 0.29) is 0 Å². The summed E-state index contributed by atoms with van der Waals surface area (Å²) in [4.78, 5) is 0. The molecule has 0 amide bonds. The highest BCUT2D eigenvalue weighted by Crippen LogP contribution is 2.22. The van der Waals surface area contributed by atoms with E-state index in [0.717, 1.165) is 30.9 Å². The lowest BCUT2D eigenvalue weighted by molar-refractivity contribution is 0.342. The Hall–Kier alpha value is -1.22. The number of ether oxygens (including phenoxy) is 1. The zero-order valence-corrected chi connectivity index (χ0v) is 10.3. The number of benzene rings is 1. The summed E-state index contributed by atoms with van der Waals surface area (Å²) in [6.45, 7) is 6.86. The minimum atomic E-state index is 0.654. The lowest BCUT2D eigenvalue weighted by Gasteiger charge is -2.09. The highest BCUT2D eigenvalue weighted by Gasteiger charge is 2.01. The van der Waals surface area contributed by atoms with Gasteiger partial charge in [-0.2, -0.15) is 0 Å². The first kappa shape index (κ1) is 12.8. The molecule has 0 fully saturated rings. The molecule has 3 heteroatoms. The molecule has 0 saturated heterocycles. The molecule has 3 N–H and O–H groups in total. The first-order chi connectivity index (χ1) is 7.77. The van der Waals surface area contributed by atoms with E-state index in [2.05, 4.69) is 18.3 Å². The molecule has 1 rings (SSSR count). The van der Waals surface area contributed by atoms with Crippen LogP contribution in [-0.2, 0) is 6.42 Å². The van der Waals surface area contributed by atoms with Crippen LogP contribution in [0.25, 0.3) is 0 Å². The largest absolute Gasteiger partial charge is 0.492 e. The van der Waals surface area contributed by atoms with Gasteiger partial charge < -0.3 is 15.8 Å². The molecule has 0 aromatic heterocycles. The molecule has 1 aromatic carbocycles. The van der Waals surface area contributed by atoms with E-state index in [1.54, 1.807) is 0 Å². The van der Waals surface area contributed by atoms with Crippen LogP contribution >= 0.6 is 0 Å². The number of nitrogens with two attached hydrogens (primary N) is 1. The van der Waals surface area contributed by atoms with Gasteiger partial charge in [-0.05, 0) is 50.6 Å². The van der Waals surface area contributed by atoms with Crippen LogP contribution in [0.15, 0.2) is 18.2 Å². The predicted octanol–water partition coefficient (Wildman–Crippen LogP) is 2.21. The van der Waals surface area contributed by atoms with E-state index in [1.165, 1.54) is 12.0 Å². The van der Waals surface area contributed by atoms with Gasteiger partial charge in [0.15, 0.2) is 0 Å². The normalized spacial score (nSPS) is 10.4. The smallest absolute Gasteiger partial charge is 0.142 e. The highest BCUT2D eigenvalue weighted by atomic mass is 16.5. The number of hydrogen-bond donors (Lipinski definition) is 2. The Balaban J connectivity index is 2.46. The lowest BCUT2D eigenvalue weighted by Crippen LogP contribution is -2.17. The molecule has 0 aliphatic rings. The van der Waals surface area contributed by atoms with Gasteiger partial charge in [0.05, 0.1) is 12.3 Å². The maximum Gasteiger partial charge on any atom is 0.142 e. The predicted molar refractivity (Wildman–Crippen MR) is 68.9 cm³/mol. The van der Waals surface area contributed by atoms with Crippen molar-refractivity contribution in [1.29, 1.82) is 0 Å². The molecule has 0 radical (unpaired) electrons. The third kappa shape index (κ3) is 4.11. The van der Waals surface area contributed by atoms with Crippen LogP contribution in [0.2, 0.25) is 0 Å². The molecular formula is C13H22N2O. The summed E-state index contributed by atoms with van der Waals surface area (Å²) in [5.74, 6) is 0.785. The Kier molecular flexibility index (Phi) is 5.72. The van der Waals surface area contributed by atoms with Gasteiger partial charge in [0.25, 0.3) is 0 Å². The molecule has 0 aliphatic heterocycles. The van der Waals surface area contributed by atoms with Crippen molar-refractivity contribution < 1.29 is 4.74 Å². The molecule has 1 aromatic rings. The minimum Gasteiger partial charge on any atom is -0.492 e. The van der Waals surface area contributed by atoms with E-state index in [4.69, 9.17) is 10.5 Å². The maximum absolute atomic E-state index is 5.89. The highest BCUT2D eigenvalue weighted by molar-refractivity contribution is 5.54. The second-order valence-electron chi connectivity index (χ2n) is 3.81. The lowest BCUT2D eigenvalue weighted by atomic mass is 10.1. The fourth-order valence-electron chi connectivity index (χ4n) is 1.57. The summed E-state index contributed by atoms with van der Waals surface area (Å²) in [7, 11) is 0. The quantitative estimate of drug-likeness (QED) is 0.549. The van der Waals surface area contributed by atoms with E-state index >= 15 is 0 Å². The standard InChI is InChI=1S/C13H22N2O/c1-3-8-15-9-7-11-5-6-13(16-4-2)12(14)10-11/h5-6,10,15H,3-4,7-9,14H2,1-2H3. The van der Waals surface area contributed by atoms with Crippen LogP contribution in [0.5, 0.6) is 5.75 Å². The second-order valence-corrected chi connectivity index (χ2v) is 3.81. The topological polar surface area (TPSA) is 47.3 Å². The molecule has 0 bridgehead atoms. The second kappa shape index (κ2) is 7.12. The molecule has 0 saturated carbocycles. The van der Waals surface area contributed by atoms with Gasteiger partial charge in [0.1, 0.15) is 5.75 Å². The van der Waals surface area contributed by atoms with Crippen molar-refractivity contribution in [1.82, 2.24) is 5.32 Å². The fraction of sp³-hybridized carbons (Fsp3) is 0.538. The summed E-state index contributed by atoms with van der Waals surface area (Å²) < 4.78 is 5.39. The van der Waals surface area contributed by atoms with Crippen molar-refractivity contribution in [3.8, 4) is 5.75 Å². The van der Waals surface area contributed by atoms with Gasteiger partial charge in [-0.15, -0.1) is 0 Å². The van der Waals surface area contributed by atoms with Gasteiger partial charge in [0, 0.05) is 0 Å². The zero-order valence-electron chi connectivity index (χ0n) is 10.3. The molecule has 3 nitrogen and oxygen atoms in total. The van der Waals surface area contributed by atoms with Gasteiger partial charge in [-0.25, -0.2) is 0 Å². The zero-order chi connectivity index (χ0) is 11.8. The molecular weight excluding hydrogens is 200 g/mol. The van der Waals surface area contributed by atoms with Crippen LogP contribution in [0.1, 0.15) is 25.8 Å². The van der Waals surface area contributed by atoms with Gasteiger partial charge in [-0.3, -0.25) is 0 Å². The van der Waals surface area contributed by atoms with Crippen LogP contribution in [0.4, 0.5) is 5.69 Å². The first-order valence-corrected chi connectivity index (χ1v) is 5.99. The molecule has 0 unspecified atom stereocenters. The van der Waals surface area contributed by atoms with E-state index < -0.39 is 0 Å². The third-order valence-electron chi connectivity index (χ3n) is 2.39. The Morgan fingerprint density at radius 1 is 1.25 bits per heavy atom. The molecule has 16 heavy (non-hydrogen) atoms. The number of hydrogen-bond acceptors (Lipinski definition) is 3. The number of anilines is 1. The minimum absolute atomic E-state index is 0.654. The van der Waals surface area contributed by atoms with Crippen molar-refractivity contribution in [3.05, 3.63) is 23.8 Å². The van der Waals surface area contributed by atoms with Gasteiger partial charge >= 0.3 is 0 Å². The summed E-state index contributed by atoms with van der Waals surface area (Å²) in [6.07, 6.45) is 2.18. The molecule has 0 heterocycles. The van der Waals surface area contributed by atoms with Crippen molar-refractivity contribution >= 4 is 5.69 Å². The van der Waals surface area contributed by atoms with Crippen LogP contribution < -0.4 is 15.8 Å². The first-order valence-electron chi connectivity index (χ1n) is 5.99. The monoisotopic (exact) mass is 222 g/mol. The Bertz CT molecular complexity index is 313. The van der Waals surface area contributed by atoms with Crippen molar-refractivity contribution in [2.75, 3.05) is 25.4 Å². The van der Waals surface area contributed by atoms with E-state index in [0.29, 0.717) is 6.61 Å². The van der Waals surface area contributed by atoms with Crippen LogP contribution in [-0.4, -0.2) is 19.7 Å². The number of rotatable bonds is 7. The van der Waals surface area contributed by atoms with Crippen molar-refractivity contribution in [2.45, 2.75) is 26.7 Å². The average molecular weight is 222 g/mol. The van der Waals surface area contributed by atoms with Crippen molar-refractivity contribution in [3.63, 3.8) is 0 Å². The fourth-order valence-corrected chi connectivity index (χ4v) is 1.57. The molecule has 0 aliphatic carbocycles. The maximum atomic E-state index is 5.89. The number of nitrogens with one attached hydrogen (secondary N) is 1. The summed E-state index contributed by atoms with van der Waals surface area (Å²) in [5, 5.41) is 3.37. The number of nitrogen functional groups attached to an aromatic ring is 1. The summed E-state index contributed by atoms with van der Waals surface area (Å²) in [6, 6.07) is 6.03. The third-order valence-corrected chi connectivity index (χ3v) is 2.39. The van der Waals surface area contributed by atoms with E-state index in [9.17, 15) is 0 Å². The molecule has 0 spiro atoms. The SMILES string of the molecule is CCCNCCc1ccc(OCC)c(N)c1. The summed E-state index contributed by atoms with van der Waals surface area (Å²) >= 11 is 0.